The van der Waals surface area contributed by atoms with Crippen LogP contribution >= 0.6 is 0 Å². The molecule has 0 saturated carbocycles. The molecular formula is C25H42N4O2. The zero-order chi connectivity index (χ0) is 21.7. The first-order chi connectivity index (χ1) is 15.3. The van der Waals surface area contributed by atoms with Crippen molar-refractivity contribution in [3.05, 3.63) is 35.9 Å². The fourth-order valence-electron chi connectivity index (χ4n) is 4.60. The number of hydrogen-bond acceptors (Lipinski definition) is 4. The van der Waals surface area contributed by atoms with E-state index in [1.165, 1.54) is 31.4 Å². The van der Waals surface area contributed by atoms with E-state index in [4.69, 9.17) is 14.5 Å². The number of methoxy groups -OCH3 is 1. The molecule has 31 heavy (non-hydrogen) atoms. The SMILES string of the molecule is CCNC(=NCC1CCCCN1Cc1ccccc1)N1CCC(OCCCOC)CC1. The first-order valence-electron chi connectivity index (χ1n) is 12.2. The molecule has 0 bridgehead atoms. The molecule has 2 aliphatic heterocycles. The Morgan fingerprint density at radius 2 is 1.87 bits per heavy atom. The normalized spacial score (nSPS) is 21.4. The summed E-state index contributed by atoms with van der Waals surface area (Å²) in [6.07, 6.45) is 7.34. The molecule has 1 N–H and O–H groups in total. The van der Waals surface area contributed by atoms with Gasteiger partial charge in [-0.3, -0.25) is 9.89 Å². The fraction of sp³-hybridized carbons (Fsp3) is 0.720. The second kappa shape index (κ2) is 13.7. The smallest absolute Gasteiger partial charge is 0.193 e. The number of guanidine groups is 1. The van der Waals surface area contributed by atoms with Gasteiger partial charge in [0.15, 0.2) is 5.96 Å². The van der Waals surface area contributed by atoms with Crippen LogP contribution in [-0.4, -0.2) is 81.0 Å². The summed E-state index contributed by atoms with van der Waals surface area (Å²) in [5, 5.41) is 3.53. The van der Waals surface area contributed by atoms with Crippen LogP contribution in [0, 0.1) is 0 Å². The molecule has 1 aromatic carbocycles. The van der Waals surface area contributed by atoms with Gasteiger partial charge < -0.3 is 19.7 Å². The first-order valence-corrected chi connectivity index (χ1v) is 12.2. The zero-order valence-electron chi connectivity index (χ0n) is 19.6. The van der Waals surface area contributed by atoms with Crippen LogP contribution in [-0.2, 0) is 16.0 Å². The summed E-state index contributed by atoms with van der Waals surface area (Å²) < 4.78 is 11.1. The second-order valence-corrected chi connectivity index (χ2v) is 8.70. The quantitative estimate of drug-likeness (QED) is 0.350. The maximum Gasteiger partial charge on any atom is 0.193 e. The van der Waals surface area contributed by atoms with Gasteiger partial charge in [0.05, 0.1) is 12.6 Å². The molecule has 174 valence electrons. The van der Waals surface area contributed by atoms with Crippen LogP contribution in [0.2, 0.25) is 0 Å². The molecule has 0 aliphatic carbocycles. The number of nitrogens with one attached hydrogen (secondary N) is 1. The number of benzene rings is 1. The molecule has 3 rings (SSSR count). The fourth-order valence-corrected chi connectivity index (χ4v) is 4.60. The summed E-state index contributed by atoms with van der Waals surface area (Å²) in [7, 11) is 1.74. The third-order valence-electron chi connectivity index (χ3n) is 6.35. The van der Waals surface area contributed by atoms with Crippen LogP contribution in [0.15, 0.2) is 35.3 Å². The minimum Gasteiger partial charge on any atom is -0.385 e. The molecule has 2 saturated heterocycles. The maximum atomic E-state index is 6.03. The van der Waals surface area contributed by atoms with Gasteiger partial charge in [0.1, 0.15) is 0 Å². The predicted octanol–water partition coefficient (Wildman–Crippen LogP) is 3.52. The first kappa shape index (κ1) is 24.0. The van der Waals surface area contributed by atoms with Crippen molar-refractivity contribution in [2.24, 2.45) is 4.99 Å². The van der Waals surface area contributed by atoms with E-state index in [-0.39, 0.29) is 0 Å². The molecule has 2 fully saturated rings. The van der Waals surface area contributed by atoms with Crippen LogP contribution in [0.5, 0.6) is 0 Å². The third kappa shape index (κ3) is 8.09. The molecule has 2 heterocycles. The van der Waals surface area contributed by atoms with Gasteiger partial charge in [0.25, 0.3) is 0 Å². The van der Waals surface area contributed by atoms with Crippen LogP contribution in [0.4, 0.5) is 0 Å². The third-order valence-corrected chi connectivity index (χ3v) is 6.35. The predicted molar refractivity (Wildman–Crippen MR) is 128 cm³/mol. The molecular weight excluding hydrogens is 388 g/mol. The van der Waals surface area contributed by atoms with E-state index in [1.54, 1.807) is 7.11 Å². The lowest BCUT2D eigenvalue weighted by atomic mass is 10.0. The number of ether oxygens (including phenoxy) is 2. The van der Waals surface area contributed by atoms with E-state index < -0.39 is 0 Å². The lowest BCUT2D eigenvalue weighted by Gasteiger charge is -2.36. The van der Waals surface area contributed by atoms with Crippen molar-refractivity contribution in [3.8, 4) is 0 Å². The van der Waals surface area contributed by atoms with Crippen LogP contribution in [0.1, 0.15) is 51.0 Å². The molecule has 0 radical (unpaired) electrons. The standard InChI is InChI=1S/C25H42N4O2/c1-3-26-25(28-16-13-24(14-17-28)31-19-9-18-30-2)27-20-23-12-7-8-15-29(23)21-22-10-5-4-6-11-22/h4-6,10-11,23-24H,3,7-9,12-21H2,1-2H3,(H,26,27). The van der Waals surface area contributed by atoms with Crippen molar-refractivity contribution < 1.29 is 9.47 Å². The van der Waals surface area contributed by atoms with Crippen molar-refractivity contribution in [1.29, 1.82) is 0 Å². The van der Waals surface area contributed by atoms with Gasteiger partial charge in [-0.05, 0) is 51.1 Å². The highest BCUT2D eigenvalue weighted by Crippen LogP contribution is 2.20. The highest BCUT2D eigenvalue weighted by atomic mass is 16.5. The van der Waals surface area contributed by atoms with E-state index in [0.29, 0.717) is 12.1 Å². The summed E-state index contributed by atoms with van der Waals surface area (Å²) in [4.78, 5) is 10.1. The Kier molecular flexibility index (Phi) is 10.6. The molecule has 0 amide bonds. The van der Waals surface area contributed by atoms with Gasteiger partial charge in [0.2, 0.25) is 0 Å². The van der Waals surface area contributed by atoms with Gasteiger partial charge in [-0.25, -0.2) is 0 Å². The monoisotopic (exact) mass is 430 g/mol. The highest BCUT2D eigenvalue weighted by molar-refractivity contribution is 5.80. The summed E-state index contributed by atoms with van der Waals surface area (Å²) in [6.45, 7) is 9.75. The summed E-state index contributed by atoms with van der Waals surface area (Å²) >= 11 is 0. The van der Waals surface area contributed by atoms with Crippen molar-refractivity contribution >= 4 is 5.96 Å². The number of nitrogens with zero attached hydrogens (tertiary/aromatic N) is 3. The Balaban J connectivity index is 1.51. The zero-order valence-corrected chi connectivity index (χ0v) is 19.6. The lowest BCUT2D eigenvalue weighted by molar-refractivity contribution is 0.00987. The summed E-state index contributed by atoms with van der Waals surface area (Å²) in [5.74, 6) is 1.07. The van der Waals surface area contributed by atoms with Crippen molar-refractivity contribution in [3.63, 3.8) is 0 Å². The summed E-state index contributed by atoms with van der Waals surface area (Å²) in [5.41, 5.74) is 1.40. The second-order valence-electron chi connectivity index (χ2n) is 8.70. The van der Waals surface area contributed by atoms with Crippen molar-refractivity contribution in [1.82, 2.24) is 15.1 Å². The van der Waals surface area contributed by atoms with Gasteiger partial charge in [-0.15, -0.1) is 0 Å². The molecule has 0 spiro atoms. The Morgan fingerprint density at radius 3 is 2.61 bits per heavy atom. The summed E-state index contributed by atoms with van der Waals surface area (Å²) in [6, 6.07) is 11.4. The average Bonchev–Trinajstić information content (AvgIpc) is 2.81. The number of aliphatic imine (C=N–C) groups is 1. The van der Waals surface area contributed by atoms with E-state index in [2.05, 4.69) is 52.4 Å². The number of hydrogen-bond donors (Lipinski definition) is 1. The van der Waals surface area contributed by atoms with Crippen LogP contribution in [0.25, 0.3) is 0 Å². The van der Waals surface area contributed by atoms with Crippen LogP contribution in [0.3, 0.4) is 0 Å². The average molecular weight is 431 g/mol. The van der Waals surface area contributed by atoms with Crippen molar-refractivity contribution in [2.45, 2.75) is 64.1 Å². The van der Waals surface area contributed by atoms with Crippen molar-refractivity contribution in [2.75, 3.05) is 53.0 Å². The topological polar surface area (TPSA) is 49.3 Å². The largest absolute Gasteiger partial charge is 0.385 e. The van der Waals surface area contributed by atoms with Gasteiger partial charge >= 0.3 is 0 Å². The minimum absolute atomic E-state index is 0.371. The van der Waals surface area contributed by atoms with E-state index >= 15 is 0 Å². The van der Waals surface area contributed by atoms with Gasteiger partial charge in [-0.1, -0.05) is 36.8 Å². The maximum absolute atomic E-state index is 6.03. The highest BCUT2D eigenvalue weighted by Gasteiger charge is 2.25. The molecule has 1 aromatic rings. The Bertz CT molecular complexity index is 632. The van der Waals surface area contributed by atoms with Crippen LogP contribution < -0.4 is 5.32 Å². The number of piperidine rings is 2. The van der Waals surface area contributed by atoms with E-state index in [1.807, 2.05) is 0 Å². The molecule has 2 aliphatic rings. The van der Waals surface area contributed by atoms with E-state index in [0.717, 1.165) is 71.2 Å². The Hall–Kier alpha value is -1.63. The van der Waals surface area contributed by atoms with Gasteiger partial charge in [-0.2, -0.15) is 0 Å². The molecule has 6 heteroatoms. The molecule has 0 aromatic heterocycles. The van der Waals surface area contributed by atoms with E-state index in [9.17, 15) is 0 Å². The minimum atomic E-state index is 0.371. The molecule has 1 unspecified atom stereocenters. The molecule has 1 atom stereocenters. The Morgan fingerprint density at radius 1 is 1.06 bits per heavy atom. The number of likely N-dealkylation sites (tertiary alicyclic amines) is 2. The Labute approximate surface area is 189 Å². The lowest BCUT2D eigenvalue weighted by Crippen LogP contribution is -2.48. The number of rotatable bonds is 10. The van der Waals surface area contributed by atoms with Gasteiger partial charge in [0, 0.05) is 52.5 Å². The molecule has 6 nitrogen and oxygen atoms in total.